The van der Waals surface area contributed by atoms with Crippen LogP contribution in [0, 0.1) is 29.6 Å². The Bertz CT molecular complexity index is 5690. The number of aliphatic hydroxyl groups excluding tert-OH is 1. The number of nitrogens with zero attached hydrogens (tertiary/aromatic N) is 1. The van der Waals surface area contributed by atoms with Crippen LogP contribution in [0.15, 0.2) is 158 Å². The number of carboxylic acid groups (broad SMARTS) is 1. The number of carbonyl (C=O) groups is 18. The molecule has 146 heavy (non-hydrogen) atoms. The number of nitrogens with two attached hydrogens (primary N) is 3. The van der Waals surface area contributed by atoms with E-state index in [1.165, 1.54) is 69.6 Å². The predicted molar refractivity (Wildman–Crippen MR) is 544 cm³/mol. The first-order valence-corrected chi connectivity index (χ1v) is 50.3. The molecule has 17 atom stereocenters. The number of aromatic nitrogens is 2. The molecule has 0 bridgehead atoms. The molecule has 1 saturated carbocycles. The third kappa shape index (κ3) is 35.4. The van der Waals surface area contributed by atoms with Gasteiger partial charge in [0.25, 0.3) is 0 Å². The van der Waals surface area contributed by atoms with Gasteiger partial charge in [0.15, 0.2) is 0 Å². The number of hydrogen-bond acceptors (Lipinski definition) is 23. The molecule has 786 valence electrons. The molecular weight excluding hydrogens is 1900 g/mol. The van der Waals surface area contributed by atoms with Crippen molar-refractivity contribution in [3.8, 4) is 16.9 Å². The number of phenols is 1. The molecule has 9 rings (SSSR count). The van der Waals surface area contributed by atoms with Crippen LogP contribution < -0.4 is 97.0 Å². The van der Waals surface area contributed by atoms with E-state index in [4.69, 9.17) is 17.2 Å². The van der Waals surface area contributed by atoms with Crippen molar-refractivity contribution >= 4 is 129 Å². The fourth-order valence-corrected chi connectivity index (χ4v) is 18.0. The van der Waals surface area contributed by atoms with Crippen LogP contribution >= 0.6 is 11.8 Å². The number of nitrogens with one attached hydrogen (secondary N) is 16. The van der Waals surface area contributed by atoms with Crippen molar-refractivity contribution in [3.63, 3.8) is 0 Å². The molecule has 7 aromatic rings. The van der Waals surface area contributed by atoms with Gasteiger partial charge in [0, 0.05) is 73.9 Å². The molecule has 0 spiro atoms. The standard InChI is InChI=1S/C104H138N20O21S/c1-11-58(8)88-103(144)119-76(44-62-26-28-66(51-105)29-27-62)94(135)112-73(42-55(2)3)91(132)116-80(49-83(106)127)95(136)114-77(43-61-20-14-12-15-21-61)97(138)122-87(57(6)7)102(143)124-89(60(10)125)104(145)120-82(100(141)110-59(9)90(107)131)53-146-54-84(128)111-74(47-65-38-40-108-41-39-65)92(133)113-75(46-64-32-36-70(126)37-33-64)93(134)117-81(50-85(129)130)96(137)115-79(48-69-52-109-72-25-19-18-24-71(69)72)99(140)121-86(56(4)5)101(142)118-78(98(139)123-88)45-63-30-34-68(35-31-63)67-22-16-13-17-23-67/h13,16-19,22-41,52,55-61,73-82,86-89,109,125-126H,11-12,14-15,20-21,42-51,53-54,105H2,1-10H3,(H2,106,127)(H2,107,131)(H,110,141)(H,111,128)(H,112,135)(H,113,133)(H,114,136)(H,115,137)(H,116,132)(H,117,134)(H,118,142)(H,119,144)(H,120,145)(H,121,140)(H,122,138)(H,123,139)(H,124,143)(H,129,130)/t58?,59-,60?,73+,74-,75-,76-,77-,78-,79-,80-,81-,82-,86-,87-,88-,89-/m0/s1. The quantitative estimate of drug-likeness (QED) is 0.0331. The number of benzene rings is 5. The number of hydrogen-bond donors (Lipinski definition) is 22. The van der Waals surface area contributed by atoms with Gasteiger partial charge in [-0.1, -0.05) is 203 Å². The highest BCUT2D eigenvalue weighted by Crippen LogP contribution is 2.29. The lowest BCUT2D eigenvalue weighted by molar-refractivity contribution is -0.141. The van der Waals surface area contributed by atoms with E-state index in [0.717, 1.165) is 37.3 Å². The molecule has 17 amide bonds. The highest BCUT2D eigenvalue weighted by molar-refractivity contribution is 8.00. The minimum atomic E-state index is -2.09. The Morgan fingerprint density at radius 1 is 0.438 bits per heavy atom. The number of amides is 17. The Hall–Kier alpha value is -14.7. The molecule has 5 aromatic carbocycles. The van der Waals surface area contributed by atoms with Crippen molar-refractivity contribution < 1.29 is 102 Å². The van der Waals surface area contributed by atoms with Crippen molar-refractivity contribution in [2.24, 2.45) is 46.8 Å². The molecule has 1 aliphatic heterocycles. The first-order chi connectivity index (χ1) is 69.4. The van der Waals surface area contributed by atoms with Crippen LogP contribution in [0.4, 0.5) is 0 Å². The van der Waals surface area contributed by atoms with Crippen LogP contribution in [0.3, 0.4) is 0 Å². The zero-order chi connectivity index (χ0) is 107. The number of H-pyrrole nitrogens is 1. The average molecular weight is 2040 g/mol. The lowest BCUT2D eigenvalue weighted by atomic mass is 9.84. The molecule has 41 nitrogen and oxygen atoms in total. The number of aliphatic hydroxyl groups is 1. The number of carbonyl (C=O) groups excluding carboxylic acids is 17. The Labute approximate surface area is 851 Å². The van der Waals surface area contributed by atoms with Gasteiger partial charge in [0.05, 0.1) is 24.7 Å². The number of aliphatic carboxylic acids is 1. The number of aromatic amines is 1. The van der Waals surface area contributed by atoms with Crippen molar-refractivity contribution in [2.75, 3.05) is 11.5 Å². The van der Waals surface area contributed by atoms with E-state index in [0.29, 0.717) is 63.3 Å². The van der Waals surface area contributed by atoms with Crippen LogP contribution in [-0.4, -0.2) is 240 Å². The van der Waals surface area contributed by atoms with Crippen molar-refractivity contribution in [2.45, 2.75) is 269 Å². The minimum absolute atomic E-state index is 0.0457. The molecule has 25 N–H and O–H groups in total. The normalized spacial score (nSPS) is 23.6. The third-order valence-corrected chi connectivity index (χ3v) is 26.7. The van der Waals surface area contributed by atoms with E-state index in [1.54, 1.807) is 121 Å². The fourth-order valence-electron chi connectivity index (χ4n) is 17.1. The van der Waals surface area contributed by atoms with Gasteiger partial charge in [-0.15, -0.1) is 11.8 Å². The first kappa shape index (κ1) is 115. The molecule has 3 heterocycles. The Kier molecular flexibility index (Phi) is 44.1. The summed E-state index contributed by atoms with van der Waals surface area (Å²) in [6, 6.07) is 13.4. The van der Waals surface area contributed by atoms with Crippen molar-refractivity contribution in [1.82, 2.24) is 89.7 Å². The number of thioether (sulfide) groups is 1. The lowest BCUT2D eigenvalue weighted by Crippen LogP contribution is -2.63. The Morgan fingerprint density at radius 3 is 1.36 bits per heavy atom. The topological polar surface area (TPSA) is 655 Å². The minimum Gasteiger partial charge on any atom is -0.508 e. The largest absolute Gasteiger partial charge is 0.508 e. The number of aromatic hydroxyl groups is 1. The number of rotatable bonds is 28. The summed E-state index contributed by atoms with van der Waals surface area (Å²) in [4.78, 5) is 273. The SMILES string of the molecule is CCC(C)[C@@H]1NC(=O)[C@H](Cc2ccc(-c3ccccc3)cc2)NC(=O)[C@H](C(C)C)NC(=O)[C@H](Cc2c[nH]c3ccccc23)NC(=O)[C@H](CC(=O)O)NC(=O)[C@H](Cc2ccc(O)cc2)NC(=O)[C@H](Cc2ccncc2)NC(=O)CSC[C@@H](C(=O)N[C@@H](C)C(N)=O)NC(=O)[C@H](C(C)O)NC(=O)[C@H](C(C)C)NC(=O)[C@H](CC2CCCCC2)NC(=O)[C@H](CC(N)=O)NC(=O)[C@@H](CC(C)C)NC(=O)[C@H](Cc2ccc(CN)cc2)NC1=O. The lowest BCUT2D eigenvalue weighted by Gasteiger charge is -2.31. The van der Waals surface area contributed by atoms with Gasteiger partial charge in [-0.05, 0) is 131 Å². The van der Waals surface area contributed by atoms with Crippen molar-refractivity contribution in [3.05, 3.63) is 191 Å². The summed E-state index contributed by atoms with van der Waals surface area (Å²) in [7, 11) is 0. The van der Waals surface area contributed by atoms with E-state index in [2.05, 4.69) is 89.7 Å². The number of para-hydroxylation sites is 1. The highest BCUT2D eigenvalue weighted by Gasteiger charge is 2.43. The fraction of sp³-hybridized carbons (Fsp3) is 0.471. The monoisotopic (exact) mass is 2040 g/mol. The summed E-state index contributed by atoms with van der Waals surface area (Å²) in [5, 5.41) is 72.6. The molecule has 2 fully saturated rings. The smallest absolute Gasteiger partial charge is 0.305 e. The van der Waals surface area contributed by atoms with Crippen LogP contribution in [0.5, 0.6) is 5.75 Å². The second-order valence-electron chi connectivity index (χ2n) is 38.5. The van der Waals surface area contributed by atoms with E-state index < -0.39 is 258 Å². The second kappa shape index (κ2) is 56.0. The van der Waals surface area contributed by atoms with Gasteiger partial charge in [-0.3, -0.25) is 91.3 Å². The molecule has 42 heteroatoms. The number of fused-ring (bicyclic) bond motifs is 1. The van der Waals surface area contributed by atoms with E-state index >= 15 is 52.7 Å². The summed E-state index contributed by atoms with van der Waals surface area (Å²) in [6.07, 6.45) is 2.48. The zero-order valence-electron chi connectivity index (χ0n) is 83.6. The maximum atomic E-state index is 15.7. The number of primary amides is 2. The van der Waals surface area contributed by atoms with Gasteiger partial charge in [0.1, 0.15) is 96.4 Å². The molecule has 0 radical (unpaired) electrons. The maximum absolute atomic E-state index is 15.7. The number of carboxylic acids is 1. The first-order valence-electron chi connectivity index (χ1n) is 49.2. The third-order valence-electron chi connectivity index (χ3n) is 25.7. The predicted octanol–water partition coefficient (Wildman–Crippen LogP) is 1.54. The molecular formula is C104H138N20O21S. The Morgan fingerprint density at radius 2 is 0.849 bits per heavy atom. The summed E-state index contributed by atoms with van der Waals surface area (Å²) in [5.41, 5.74) is 22.4. The summed E-state index contributed by atoms with van der Waals surface area (Å²) < 4.78 is 0. The molecule has 1 saturated heterocycles. The van der Waals surface area contributed by atoms with Gasteiger partial charge >= 0.3 is 5.97 Å². The van der Waals surface area contributed by atoms with Crippen LogP contribution in [0.25, 0.3) is 22.0 Å². The summed E-state index contributed by atoms with van der Waals surface area (Å²) in [6.45, 7) is 15.6. The molecule has 2 unspecified atom stereocenters. The van der Waals surface area contributed by atoms with E-state index in [-0.39, 0.29) is 68.7 Å². The average Bonchev–Trinajstić information content (AvgIpc) is 1.62. The number of phenolic OH excluding ortho intramolecular Hbond substituents is 1. The maximum Gasteiger partial charge on any atom is 0.305 e. The summed E-state index contributed by atoms with van der Waals surface area (Å²) >= 11 is 0.699. The van der Waals surface area contributed by atoms with Gasteiger partial charge in [-0.25, -0.2) is 0 Å². The zero-order valence-corrected chi connectivity index (χ0v) is 84.5. The molecule has 2 aromatic heterocycles. The van der Waals surface area contributed by atoms with E-state index in [9.17, 15) is 48.9 Å². The van der Waals surface area contributed by atoms with Crippen LogP contribution in [0.1, 0.15) is 167 Å². The van der Waals surface area contributed by atoms with Gasteiger partial charge in [-0.2, -0.15) is 0 Å². The Balaban J connectivity index is 1.14. The van der Waals surface area contributed by atoms with Crippen LogP contribution in [0.2, 0.25) is 0 Å². The number of pyridine rings is 1. The van der Waals surface area contributed by atoms with Gasteiger partial charge < -0.3 is 117 Å². The van der Waals surface area contributed by atoms with Gasteiger partial charge in [0.2, 0.25) is 100 Å². The van der Waals surface area contributed by atoms with Crippen molar-refractivity contribution in [1.29, 1.82) is 0 Å². The highest BCUT2D eigenvalue weighted by atomic mass is 32.2. The summed E-state index contributed by atoms with van der Waals surface area (Å²) in [5.74, 6) is -23.8. The molecule has 2 aliphatic rings. The van der Waals surface area contributed by atoms with E-state index in [1.807, 2.05) is 30.3 Å². The molecule has 1 aliphatic carbocycles. The van der Waals surface area contributed by atoms with Crippen LogP contribution in [-0.2, 0) is 125 Å². The second-order valence-corrected chi connectivity index (χ2v) is 39.5.